The van der Waals surface area contributed by atoms with Gasteiger partial charge < -0.3 is 14.6 Å². The normalized spacial score (nSPS) is 11.4. The zero-order valence-corrected chi connectivity index (χ0v) is 14.0. The molecule has 0 amide bonds. The molecule has 0 spiro atoms. The number of benzene rings is 1. The first kappa shape index (κ1) is 17.9. The number of carbonyl (C=O) groups is 1. The monoisotopic (exact) mass is 364 g/mol. The number of pyridine rings is 1. The van der Waals surface area contributed by atoms with Crippen LogP contribution in [0.1, 0.15) is 21.5 Å². The van der Waals surface area contributed by atoms with Crippen molar-refractivity contribution in [1.29, 1.82) is 5.26 Å². The molecule has 7 nitrogen and oxygen atoms in total. The number of carbonyl (C=O) groups excluding carboxylic acids is 1. The van der Waals surface area contributed by atoms with Gasteiger partial charge in [0.05, 0.1) is 12.7 Å². The maximum Gasteiger partial charge on any atom is 0.343 e. The number of nitrogens with zero attached hydrogens (tertiary/aromatic N) is 2. The summed E-state index contributed by atoms with van der Waals surface area (Å²) in [5.74, 6) is -0.840. The van der Waals surface area contributed by atoms with Crippen molar-refractivity contribution in [2.45, 2.75) is 5.75 Å². The quantitative estimate of drug-likeness (QED) is 0.492. The summed E-state index contributed by atoms with van der Waals surface area (Å²) in [5, 5.41) is 12.1. The molecular formula is C15H11ClN3O4S-. The highest BCUT2D eigenvalue weighted by Crippen LogP contribution is 2.26. The van der Waals surface area contributed by atoms with Crippen LogP contribution in [0.3, 0.4) is 0 Å². The molecule has 2 rings (SSSR count). The summed E-state index contributed by atoms with van der Waals surface area (Å²) in [6.45, 7) is 0. The largest absolute Gasteiger partial charge is 0.772 e. The van der Waals surface area contributed by atoms with Crippen LogP contribution in [0, 0.1) is 11.3 Å². The van der Waals surface area contributed by atoms with Crippen LogP contribution in [0.4, 0.5) is 11.5 Å². The summed E-state index contributed by atoms with van der Waals surface area (Å²) in [7, 11) is 1.19. The zero-order valence-electron chi connectivity index (χ0n) is 12.4. The second kappa shape index (κ2) is 7.88. The number of halogens is 1. The zero-order chi connectivity index (χ0) is 17.7. The van der Waals surface area contributed by atoms with E-state index in [-0.39, 0.29) is 27.9 Å². The Morgan fingerprint density at radius 3 is 2.88 bits per heavy atom. The van der Waals surface area contributed by atoms with Gasteiger partial charge in [-0.25, -0.2) is 9.78 Å². The number of ether oxygens (including phenoxy) is 1. The van der Waals surface area contributed by atoms with Gasteiger partial charge in [0.25, 0.3) is 0 Å². The SMILES string of the molecule is COC(=O)c1c(C#N)cc(Cl)nc1Nc1cccc(CS(=O)[O-])c1. The number of nitrogens with one attached hydrogen (secondary N) is 1. The summed E-state index contributed by atoms with van der Waals surface area (Å²) in [5.41, 5.74) is 1.00. The highest BCUT2D eigenvalue weighted by Gasteiger charge is 2.20. The van der Waals surface area contributed by atoms with E-state index in [0.29, 0.717) is 11.3 Å². The Bertz CT molecular complexity index is 851. The molecule has 1 unspecified atom stereocenters. The average Bonchev–Trinajstić information content (AvgIpc) is 2.53. The summed E-state index contributed by atoms with van der Waals surface area (Å²) < 4.78 is 26.3. The molecule has 0 radical (unpaired) electrons. The highest BCUT2D eigenvalue weighted by atomic mass is 35.5. The van der Waals surface area contributed by atoms with E-state index >= 15 is 0 Å². The van der Waals surface area contributed by atoms with Gasteiger partial charge in [0.2, 0.25) is 0 Å². The van der Waals surface area contributed by atoms with E-state index in [1.807, 2.05) is 6.07 Å². The Balaban J connectivity index is 2.46. The van der Waals surface area contributed by atoms with Crippen LogP contribution in [0.2, 0.25) is 5.15 Å². The lowest BCUT2D eigenvalue weighted by Gasteiger charge is -2.13. The minimum Gasteiger partial charge on any atom is -0.772 e. The summed E-state index contributed by atoms with van der Waals surface area (Å²) in [6, 6.07) is 9.67. The maximum atomic E-state index is 11.9. The van der Waals surface area contributed by atoms with E-state index < -0.39 is 17.0 Å². The van der Waals surface area contributed by atoms with Gasteiger partial charge in [0, 0.05) is 11.4 Å². The van der Waals surface area contributed by atoms with Crippen LogP contribution in [-0.4, -0.2) is 26.8 Å². The Hall–Kier alpha value is -2.47. The van der Waals surface area contributed by atoms with Gasteiger partial charge in [-0.3, -0.25) is 4.21 Å². The van der Waals surface area contributed by atoms with E-state index in [1.165, 1.54) is 13.2 Å². The summed E-state index contributed by atoms with van der Waals surface area (Å²) in [4.78, 5) is 16.0. The third-order valence-corrected chi connectivity index (χ3v) is 3.74. The van der Waals surface area contributed by atoms with Crippen molar-refractivity contribution in [3.05, 3.63) is 52.2 Å². The number of nitriles is 1. The van der Waals surface area contributed by atoms with Crippen LogP contribution in [0.5, 0.6) is 0 Å². The molecule has 124 valence electrons. The molecule has 0 saturated carbocycles. The summed E-state index contributed by atoms with van der Waals surface area (Å²) >= 11 is 3.65. The van der Waals surface area contributed by atoms with Gasteiger partial charge in [-0.15, -0.1) is 0 Å². The maximum absolute atomic E-state index is 11.9. The molecule has 1 aromatic carbocycles. The number of hydrogen-bond donors (Lipinski definition) is 1. The third-order valence-electron chi connectivity index (χ3n) is 2.97. The second-order valence-corrected chi connectivity index (χ2v) is 5.88. The van der Waals surface area contributed by atoms with Crippen molar-refractivity contribution in [2.24, 2.45) is 0 Å². The lowest BCUT2D eigenvalue weighted by Crippen LogP contribution is -2.10. The van der Waals surface area contributed by atoms with E-state index in [9.17, 15) is 18.8 Å². The number of aromatic nitrogens is 1. The summed E-state index contributed by atoms with van der Waals surface area (Å²) in [6.07, 6.45) is 0. The Labute approximate surface area is 145 Å². The van der Waals surface area contributed by atoms with Gasteiger partial charge in [-0.1, -0.05) is 34.8 Å². The molecule has 1 heterocycles. The molecule has 1 atom stereocenters. The second-order valence-electron chi connectivity index (χ2n) is 4.59. The molecule has 0 bridgehead atoms. The van der Waals surface area contributed by atoms with Gasteiger partial charge in [0.15, 0.2) is 0 Å². The van der Waals surface area contributed by atoms with Crippen molar-refractivity contribution < 1.29 is 18.3 Å². The number of esters is 1. The van der Waals surface area contributed by atoms with Gasteiger partial charge >= 0.3 is 5.97 Å². The minimum atomic E-state index is -2.22. The topological polar surface area (TPSA) is 115 Å². The molecule has 0 aliphatic carbocycles. The predicted octanol–water partition coefficient (Wildman–Crippen LogP) is 2.52. The van der Waals surface area contributed by atoms with Crippen LogP contribution >= 0.6 is 11.6 Å². The Kier molecular flexibility index (Phi) is 5.87. The first-order valence-electron chi connectivity index (χ1n) is 6.55. The van der Waals surface area contributed by atoms with Crippen LogP contribution < -0.4 is 5.32 Å². The van der Waals surface area contributed by atoms with E-state index in [4.69, 9.17) is 11.6 Å². The molecule has 0 saturated heterocycles. The van der Waals surface area contributed by atoms with Crippen molar-refractivity contribution in [2.75, 3.05) is 12.4 Å². The molecule has 0 aliphatic heterocycles. The number of methoxy groups -OCH3 is 1. The number of rotatable bonds is 5. The van der Waals surface area contributed by atoms with Crippen LogP contribution in [0.25, 0.3) is 0 Å². The first-order valence-corrected chi connectivity index (χ1v) is 8.17. The first-order chi connectivity index (χ1) is 11.4. The van der Waals surface area contributed by atoms with Crippen molar-refractivity contribution >= 4 is 40.2 Å². The third kappa shape index (κ3) is 4.29. The highest BCUT2D eigenvalue weighted by molar-refractivity contribution is 7.78. The molecule has 1 N–H and O–H groups in total. The van der Waals surface area contributed by atoms with Gasteiger partial charge in [-0.05, 0) is 23.8 Å². The molecule has 0 aliphatic rings. The Morgan fingerprint density at radius 2 is 2.25 bits per heavy atom. The predicted molar refractivity (Wildman–Crippen MR) is 87.7 cm³/mol. The van der Waals surface area contributed by atoms with Crippen molar-refractivity contribution in [1.82, 2.24) is 4.98 Å². The molecule has 0 fully saturated rings. The van der Waals surface area contributed by atoms with Gasteiger partial charge in [0.1, 0.15) is 22.6 Å². The smallest absolute Gasteiger partial charge is 0.343 e. The number of hydrogen-bond acceptors (Lipinski definition) is 7. The van der Waals surface area contributed by atoms with Crippen molar-refractivity contribution in [3.8, 4) is 6.07 Å². The fourth-order valence-corrected chi connectivity index (χ4v) is 2.66. The molecule has 9 heteroatoms. The standard InChI is InChI=1S/C15H12ClN3O4S/c1-23-15(20)13-10(7-17)6-12(16)19-14(13)18-11-4-2-3-9(5-11)8-24(21)22/h2-6H,8H2,1H3,(H,18,19)(H,21,22)/p-1. The minimum absolute atomic E-state index is 0.0150. The van der Waals surface area contributed by atoms with E-state index in [1.54, 1.807) is 24.3 Å². The Morgan fingerprint density at radius 1 is 1.50 bits per heavy atom. The molecular weight excluding hydrogens is 354 g/mol. The van der Waals surface area contributed by atoms with E-state index in [2.05, 4.69) is 15.0 Å². The molecule has 1 aromatic heterocycles. The molecule has 2 aromatic rings. The average molecular weight is 365 g/mol. The fourth-order valence-electron chi connectivity index (χ4n) is 2.01. The number of anilines is 2. The van der Waals surface area contributed by atoms with Crippen LogP contribution in [-0.2, 0) is 21.6 Å². The lowest BCUT2D eigenvalue weighted by molar-refractivity contribution is 0.0601. The lowest BCUT2D eigenvalue weighted by atomic mass is 10.1. The fraction of sp³-hybridized carbons (Fsp3) is 0.133. The van der Waals surface area contributed by atoms with Crippen LogP contribution in [0.15, 0.2) is 30.3 Å². The van der Waals surface area contributed by atoms with E-state index in [0.717, 1.165) is 0 Å². The molecule has 24 heavy (non-hydrogen) atoms. The van der Waals surface area contributed by atoms with Crippen molar-refractivity contribution in [3.63, 3.8) is 0 Å². The van der Waals surface area contributed by atoms with Gasteiger partial charge in [-0.2, -0.15) is 5.26 Å².